The summed E-state index contributed by atoms with van der Waals surface area (Å²) >= 11 is 4.53. The van der Waals surface area contributed by atoms with Gasteiger partial charge in [-0.15, -0.1) is 5.10 Å². The topological polar surface area (TPSA) is 124 Å². The van der Waals surface area contributed by atoms with Gasteiger partial charge in [-0.25, -0.2) is 9.67 Å². The molecule has 0 bridgehead atoms. The largest absolute Gasteiger partial charge is 0.382 e. The molecule has 0 unspecified atom stereocenters. The molecule has 28 heavy (non-hydrogen) atoms. The number of aromatic amines is 1. The average Bonchev–Trinajstić information content (AvgIpc) is 3.27. The van der Waals surface area contributed by atoms with Crippen molar-refractivity contribution in [1.82, 2.24) is 29.5 Å². The lowest BCUT2D eigenvalue weighted by molar-refractivity contribution is 0.0924. The van der Waals surface area contributed by atoms with E-state index in [1.807, 2.05) is 12.1 Å². The first-order valence-corrected chi connectivity index (χ1v) is 9.92. The first-order chi connectivity index (χ1) is 13.4. The fraction of sp³-hybridized carbons (Fsp3) is 0.118. The molecule has 0 radical (unpaired) electrons. The molecule has 142 valence electrons. The van der Waals surface area contributed by atoms with E-state index in [0.717, 1.165) is 16.2 Å². The summed E-state index contributed by atoms with van der Waals surface area (Å²) in [5.74, 6) is 0.0463. The van der Waals surface area contributed by atoms with Gasteiger partial charge in [0, 0.05) is 16.2 Å². The third kappa shape index (κ3) is 3.34. The van der Waals surface area contributed by atoms with Crippen molar-refractivity contribution < 1.29 is 4.79 Å². The Labute approximate surface area is 171 Å². The lowest BCUT2D eigenvalue weighted by Gasteiger charge is -2.12. The van der Waals surface area contributed by atoms with Gasteiger partial charge in [0.25, 0.3) is 11.5 Å². The monoisotopic (exact) mass is 459 g/mol. The van der Waals surface area contributed by atoms with Crippen LogP contribution < -0.4 is 11.3 Å². The number of nitrogens with zero attached hydrogens (tertiary/aromatic N) is 5. The van der Waals surface area contributed by atoms with Gasteiger partial charge in [-0.1, -0.05) is 27.7 Å². The van der Waals surface area contributed by atoms with Crippen LogP contribution in [0.2, 0.25) is 0 Å². The van der Waals surface area contributed by atoms with E-state index in [2.05, 4.69) is 36.2 Å². The number of halogens is 1. The molecule has 0 amide bonds. The summed E-state index contributed by atoms with van der Waals surface area (Å²) in [5, 5.41) is 11.3. The Bertz CT molecular complexity index is 1240. The van der Waals surface area contributed by atoms with Crippen LogP contribution >= 0.6 is 27.7 Å². The van der Waals surface area contributed by atoms with E-state index in [1.54, 1.807) is 25.1 Å². The number of anilines is 1. The summed E-state index contributed by atoms with van der Waals surface area (Å²) in [4.78, 5) is 30.0. The molecule has 0 saturated carbocycles. The Balaban J connectivity index is 1.74. The molecular formula is C17H14BrN7O2S. The van der Waals surface area contributed by atoms with E-state index in [9.17, 15) is 9.59 Å². The molecular weight excluding hydrogens is 446 g/mol. The summed E-state index contributed by atoms with van der Waals surface area (Å²) in [5.41, 5.74) is 7.02. The van der Waals surface area contributed by atoms with Gasteiger partial charge in [-0.2, -0.15) is 5.10 Å². The number of H-pyrrole nitrogens is 1. The highest BCUT2D eigenvalue weighted by Gasteiger charge is 2.17. The van der Waals surface area contributed by atoms with Crippen molar-refractivity contribution in [2.45, 2.75) is 12.1 Å². The molecule has 0 saturated heterocycles. The number of nitrogens with one attached hydrogen (secondary N) is 1. The molecule has 0 atom stereocenters. The zero-order valence-corrected chi connectivity index (χ0v) is 17.0. The highest BCUT2D eigenvalue weighted by atomic mass is 79.9. The van der Waals surface area contributed by atoms with Crippen LogP contribution in [0.5, 0.6) is 0 Å². The maximum atomic E-state index is 13.0. The molecule has 11 heteroatoms. The third-order valence-electron chi connectivity index (χ3n) is 4.00. The Kier molecular flexibility index (Phi) is 4.77. The van der Waals surface area contributed by atoms with Crippen LogP contribution in [-0.2, 0) is 0 Å². The van der Waals surface area contributed by atoms with E-state index >= 15 is 0 Å². The predicted molar refractivity (Wildman–Crippen MR) is 110 cm³/mol. The fourth-order valence-corrected chi connectivity index (χ4v) is 3.84. The maximum absolute atomic E-state index is 13.0. The Morgan fingerprint density at radius 2 is 2.07 bits per heavy atom. The minimum atomic E-state index is -0.268. The van der Waals surface area contributed by atoms with Crippen molar-refractivity contribution in [3.8, 4) is 5.69 Å². The molecule has 4 aromatic rings. The van der Waals surface area contributed by atoms with Crippen molar-refractivity contribution >= 4 is 50.5 Å². The van der Waals surface area contributed by atoms with E-state index in [1.165, 1.54) is 15.4 Å². The van der Waals surface area contributed by atoms with E-state index in [4.69, 9.17) is 5.73 Å². The smallest absolute Gasteiger partial charge is 0.269 e. The molecule has 0 spiro atoms. The number of hydrogen-bond donors (Lipinski definition) is 2. The van der Waals surface area contributed by atoms with Gasteiger partial charge in [0.2, 0.25) is 0 Å². The third-order valence-corrected chi connectivity index (χ3v) is 5.46. The average molecular weight is 460 g/mol. The Hall–Kier alpha value is -2.92. The number of hydrogen-bond acceptors (Lipinski definition) is 7. The second kappa shape index (κ2) is 7.24. The molecule has 0 aliphatic carbocycles. The van der Waals surface area contributed by atoms with E-state index < -0.39 is 0 Å². The van der Waals surface area contributed by atoms with Crippen LogP contribution in [0.4, 0.5) is 5.82 Å². The molecule has 3 aromatic heterocycles. The molecule has 0 aliphatic rings. The molecule has 0 fully saturated rings. The highest BCUT2D eigenvalue weighted by molar-refractivity contribution is 9.10. The van der Waals surface area contributed by atoms with Crippen LogP contribution in [-0.4, -0.2) is 41.2 Å². The van der Waals surface area contributed by atoms with Crippen LogP contribution in [0.1, 0.15) is 10.5 Å². The van der Waals surface area contributed by atoms with Gasteiger partial charge in [0.15, 0.2) is 10.8 Å². The minimum Gasteiger partial charge on any atom is -0.382 e. The summed E-state index contributed by atoms with van der Waals surface area (Å²) in [6.07, 6.45) is 1.44. The molecule has 4 rings (SSSR count). The summed E-state index contributed by atoms with van der Waals surface area (Å²) < 4.78 is 3.60. The number of aryl methyl sites for hydroxylation is 1. The normalized spacial score (nSPS) is 11.2. The second-order valence-corrected chi connectivity index (χ2v) is 7.81. The van der Waals surface area contributed by atoms with Crippen LogP contribution in [0.15, 0.2) is 51.0 Å². The summed E-state index contributed by atoms with van der Waals surface area (Å²) in [7, 11) is 0. The zero-order chi connectivity index (χ0) is 19.8. The molecule has 3 heterocycles. The SMILES string of the molecule is Cc1cc(N)nn1C(=O)CSc1nc2[nH]ncc2c(=O)n1-c1ccc(Br)cc1. The van der Waals surface area contributed by atoms with Gasteiger partial charge in [-0.05, 0) is 31.2 Å². The Morgan fingerprint density at radius 3 is 2.75 bits per heavy atom. The fourth-order valence-electron chi connectivity index (χ4n) is 2.73. The zero-order valence-electron chi connectivity index (χ0n) is 14.6. The van der Waals surface area contributed by atoms with Crippen molar-refractivity contribution in [3.63, 3.8) is 0 Å². The number of thioether (sulfide) groups is 1. The number of aromatic nitrogens is 6. The number of carbonyl (C=O) groups excluding carboxylic acids is 1. The van der Waals surface area contributed by atoms with Gasteiger partial charge in [0.1, 0.15) is 11.2 Å². The first-order valence-electron chi connectivity index (χ1n) is 8.14. The summed E-state index contributed by atoms with van der Waals surface area (Å²) in [6, 6.07) is 8.87. The van der Waals surface area contributed by atoms with Gasteiger partial charge < -0.3 is 5.73 Å². The lowest BCUT2D eigenvalue weighted by atomic mass is 10.3. The quantitative estimate of drug-likeness (QED) is 0.354. The number of fused-ring (bicyclic) bond motifs is 1. The van der Waals surface area contributed by atoms with Crippen molar-refractivity contribution in [1.29, 1.82) is 0 Å². The molecule has 9 nitrogen and oxygen atoms in total. The number of rotatable bonds is 4. The minimum absolute atomic E-state index is 0.0323. The lowest BCUT2D eigenvalue weighted by Crippen LogP contribution is -2.22. The van der Waals surface area contributed by atoms with E-state index in [-0.39, 0.29) is 23.0 Å². The van der Waals surface area contributed by atoms with Gasteiger partial charge >= 0.3 is 0 Å². The van der Waals surface area contributed by atoms with Crippen molar-refractivity contribution in [2.75, 3.05) is 11.5 Å². The number of nitrogen functional groups attached to an aromatic ring is 1. The van der Waals surface area contributed by atoms with Crippen LogP contribution in [0.3, 0.4) is 0 Å². The van der Waals surface area contributed by atoms with E-state index in [0.29, 0.717) is 27.6 Å². The molecule has 1 aromatic carbocycles. The van der Waals surface area contributed by atoms with Crippen LogP contribution in [0, 0.1) is 6.92 Å². The molecule has 0 aliphatic heterocycles. The number of nitrogens with two attached hydrogens (primary N) is 1. The van der Waals surface area contributed by atoms with Crippen LogP contribution in [0.25, 0.3) is 16.7 Å². The van der Waals surface area contributed by atoms with Gasteiger partial charge in [-0.3, -0.25) is 19.3 Å². The van der Waals surface area contributed by atoms with Crippen molar-refractivity contribution in [3.05, 3.63) is 57.0 Å². The highest BCUT2D eigenvalue weighted by Crippen LogP contribution is 2.22. The standard InChI is InChI=1S/C17H14BrN7O2S/c1-9-6-13(19)23-25(9)14(26)8-28-17-21-15-12(7-20-22-15)16(27)24(17)11-4-2-10(18)3-5-11/h2-7H,8H2,1H3,(H2,19,23)(H,20,22). The number of benzene rings is 1. The maximum Gasteiger partial charge on any atom is 0.269 e. The van der Waals surface area contributed by atoms with Gasteiger partial charge in [0.05, 0.1) is 17.6 Å². The number of carbonyl (C=O) groups is 1. The first kappa shape index (κ1) is 18.4. The Morgan fingerprint density at radius 1 is 1.32 bits per heavy atom. The van der Waals surface area contributed by atoms with Crippen molar-refractivity contribution in [2.24, 2.45) is 0 Å². The second-order valence-electron chi connectivity index (χ2n) is 5.95. The summed E-state index contributed by atoms with van der Waals surface area (Å²) in [6.45, 7) is 1.75. The predicted octanol–water partition coefficient (Wildman–Crippen LogP) is 2.39. The molecule has 3 N–H and O–H groups in total.